The van der Waals surface area contributed by atoms with Crippen LogP contribution in [0.4, 0.5) is 0 Å². The molecule has 0 radical (unpaired) electrons. The first kappa shape index (κ1) is 15.8. The van der Waals surface area contributed by atoms with Crippen molar-refractivity contribution in [1.29, 1.82) is 0 Å². The molecule has 8 heavy (non-hydrogen) atoms. The third-order valence-electron chi connectivity index (χ3n) is 0.365. The van der Waals surface area contributed by atoms with Crippen LogP contribution in [0.25, 0.3) is 0 Å². The quantitative estimate of drug-likeness (QED) is 0.230. The Hall–Kier alpha value is 0.590. The molecule has 0 aliphatic heterocycles. The molecule has 0 spiro atoms. The topological polar surface area (TPSA) is 56.3 Å². The van der Waals surface area contributed by atoms with Gasteiger partial charge in [0.15, 0.2) is 0 Å². The third-order valence-corrected chi connectivity index (χ3v) is 0.365. The molecular formula is C4H8NaO3-. The fourth-order valence-corrected chi connectivity index (χ4v) is 0.144. The first-order valence-electron chi connectivity index (χ1n) is 1.84. The van der Waals surface area contributed by atoms with Crippen LogP contribution in [0.2, 0.25) is 0 Å². The van der Waals surface area contributed by atoms with Crippen molar-refractivity contribution < 1.29 is 44.6 Å². The normalized spacial score (nSPS) is 6.12. The summed E-state index contributed by atoms with van der Waals surface area (Å²) in [6.45, 7) is 2.53. The Morgan fingerprint density at radius 3 is 2.25 bits per heavy atom. The molecule has 0 saturated carbocycles. The van der Waals surface area contributed by atoms with Gasteiger partial charge >= 0.3 is 29.6 Å². The molecule has 0 bridgehead atoms. The van der Waals surface area contributed by atoms with Crippen molar-refractivity contribution in [2.45, 2.75) is 6.92 Å². The summed E-state index contributed by atoms with van der Waals surface area (Å²) in [5.41, 5.74) is 0. The maximum absolute atomic E-state index is 9.31. The van der Waals surface area contributed by atoms with Crippen LogP contribution in [0, 0.1) is 0 Å². The Kier molecular flexibility index (Phi) is 31.0. The fourth-order valence-electron chi connectivity index (χ4n) is 0.144. The van der Waals surface area contributed by atoms with Crippen molar-refractivity contribution in [2.75, 3.05) is 13.2 Å². The second kappa shape index (κ2) is 15.6. The van der Waals surface area contributed by atoms with Gasteiger partial charge < -0.3 is 15.0 Å². The van der Waals surface area contributed by atoms with E-state index in [-0.39, 0.29) is 41.6 Å². The van der Waals surface area contributed by atoms with Crippen molar-refractivity contribution in [1.82, 2.24) is 0 Å². The minimum atomic E-state index is 0. The van der Waals surface area contributed by atoms with Crippen LogP contribution in [0.3, 0.4) is 0 Å². The molecule has 0 aromatic rings. The minimum absolute atomic E-state index is 0. The van der Waals surface area contributed by atoms with Gasteiger partial charge in [0.25, 0.3) is 0 Å². The second-order valence-corrected chi connectivity index (χ2v) is 0.781. The molecule has 0 fully saturated rings. The molecule has 0 unspecified atom stereocenters. The van der Waals surface area contributed by atoms with Crippen LogP contribution < -0.4 is 29.6 Å². The molecule has 0 heterocycles. The zero-order valence-corrected chi connectivity index (χ0v) is 7.18. The van der Waals surface area contributed by atoms with Gasteiger partial charge in [-0.2, -0.15) is 0 Å². The second-order valence-electron chi connectivity index (χ2n) is 0.781. The Labute approximate surface area is 71.0 Å². The summed E-state index contributed by atoms with van der Waals surface area (Å²) in [6.07, 6.45) is 1.60. The molecule has 44 valence electrons. The first-order chi connectivity index (χ1) is 2.91. The minimum Gasteiger partial charge on any atom is -0.870 e. The smallest absolute Gasteiger partial charge is 0.870 e. The zero-order chi connectivity index (χ0) is 4.83. The van der Waals surface area contributed by atoms with Crippen molar-refractivity contribution in [3.8, 4) is 0 Å². The van der Waals surface area contributed by atoms with E-state index in [1.807, 2.05) is 6.92 Å². The van der Waals surface area contributed by atoms with Gasteiger partial charge in [-0.15, -0.1) is 0 Å². The van der Waals surface area contributed by atoms with E-state index in [4.69, 9.17) is 0 Å². The molecule has 0 aromatic heterocycles. The van der Waals surface area contributed by atoms with E-state index in [2.05, 4.69) is 4.74 Å². The van der Waals surface area contributed by atoms with E-state index < -0.39 is 0 Å². The van der Waals surface area contributed by atoms with Crippen molar-refractivity contribution in [3.63, 3.8) is 0 Å². The van der Waals surface area contributed by atoms with E-state index in [0.717, 1.165) is 0 Å². The predicted octanol–water partition coefficient (Wildman–Crippen LogP) is -3.04. The van der Waals surface area contributed by atoms with E-state index in [9.17, 15) is 4.79 Å². The largest absolute Gasteiger partial charge is 1.00 e. The van der Waals surface area contributed by atoms with Crippen LogP contribution in [-0.2, 0) is 9.53 Å². The van der Waals surface area contributed by atoms with Gasteiger partial charge in [-0.1, -0.05) is 0 Å². The van der Waals surface area contributed by atoms with Crippen molar-refractivity contribution >= 4 is 6.29 Å². The molecule has 0 atom stereocenters. The molecule has 1 N–H and O–H groups in total. The Morgan fingerprint density at radius 2 is 2.12 bits per heavy atom. The first-order valence-corrected chi connectivity index (χ1v) is 1.84. The Balaban J connectivity index is -0.000000125. The number of hydrogen-bond acceptors (Lipinski definition) is 3. The molecule has 0 rings (SSSR count). The SMILES string of the molecule is CCOC[C-]=O.[Na+].[OH-]. The Morgan fingerprint density at radius 1 is 1.62 bits per heavy atom. The van der Waals surface area contributed by atoms with Crippen LogP contribution >= 0.6 is 0 Å². The maximum Gasteiger partial charge on any atom is 1.00 e. The van der Waals surface area contributed by atoms with Gasteiger partial charge in [0.05, 0.1) is 0 Å². The average Bonchev–Trinajstić information content (AvgIpc) is 1.61. The van der Waals surface area contributed by atoms with Gasteiger partial charge in [0.2, 0.25) is 0 Å². The molecule has 3 nitrogen and oxygen atoms in total. The molecule has 4 heteroatoms. The summed E-state index contributed by atoms with van der Waals surface area (Å²) >= 11 is 0. The number of carbonyl (C=O) groups excluding carboxylic acids is 1. The van der Waals surface area contributed by atoms with Crippen molar-refractivity contribution in [3.05, 3.63) is 0 Å². The fraction of sp³-hybridized carbons (Fsp3) is 0.750. The van der Waals surface area contributed by atoms with E-state index in [1.54, 1.807) is 6.29 Å². The molecule has 0 aromatic carbocycles. The van der Waals surface area contributed by atoms with E-state index in [0.29, 0.717) is 6.61 Å². The Bertz CT molecular complexity index is 40.3. The standard InChI is InChI=1S/C4H7O2.Na.H2O/c1-2-6-4-3-5;;/h2,4H2,1H3;;1H2/q-1;+1;/p-1. The maximum atomic E-state index is 9.31. The van der Waals surface area contributed by atoms with Crippen LogP contribution in [0.5, 0.6) is 0 Å². The summed E-state index contributed by atoms with van der Waals surface area (Å²) < 4.78 is 4.56. The summed E-state index contributed by atoms with van der Waals surface area (Å²) in [4.78, 5) is 9.31. The third kappa shape index (κ3) is 16.0. The van der Waals surface area contributed by atoms with Gasteiger partial charge in [0, 0.05) is 6.61 Å². The number of rotatable bonds is 3. The van der Waals surface area contributed by atoms with Gasteiger partial charge in [-0.25, -0.2) is 6.29 Å². The van der Waals surface area contributed by atoms with E-state index in [1.165, 1.54) is 0 Å². The summed E-state index contributed by atoms with van der Waals surface area (Å²) in [5, 5.41) is 0. The molecule has 0 saturated heterocycles. The van der Waals surface area contributed by atoms with Gasteiger partial charge in [0.1, 0.15) is 0 Å². The molecule has 0 aliphatic rings. The molecule has 0 aliphatic carbocycles. The van der Waals surface area contributed by atoms with Crippen molar-refractivity contribution in [2.24, 2.45) is 0 Å². The zero-order valence-electron chi connectivity index (χ0n) is 5.18. The number of ether oxygens (including phenoxy) is 1. The van der Waals surface area contributed by atoms with E-state index >= 15 is 0 Å². The molecular weight excluding hydrogens is 119 g/mol. The monoisotopic (exact) mass is 127 g/mol. The summed E-state index contributed by atoms with van der Waals surface area (Å²) in [6, 6.07) is 0. The summed E-state index contributed by atoms with van der Waals surface area (Å²) in [5.74, 6) is 0. The van der Waals surface area contributed by atoms with Crippen LogP contribution in [-0.4, -0.2) is 25.0 Å². The predicted molar refractivity (Wildman–Crippen MR) is 24.1 cm³/mol. The van der Waals surface area contributed by atoms with Crippen LogP contribution in [0.1, 0.15) is 6.92 Å². The summed E-state index contributed by atoms with van der Waals surface area (Å²) in [7, 11) is 0. The van der Waals surface area contributed by atoms with Gasteiger partial charge in [-0.05, 0) is 13.5 Å². The van der Waals surface area contributed by atoms with Gasteiger partial charge in [-0.3, -0.25) is 0 Å². The molecule has 0 amide bonds. The number of hydrogen-bond donors (Lipinski definition) is 0. The van der Waals surface area contributed by atoms with Crippen LogP contribution in [0.15, 0.2) is 0 Å². The average molecular weight is 127 g/mol.